The smallest absolute Gasteiger partial charge is 0 e. The summed E-state index contributed by atoms with van der Waals surface area (Å²) in [6, 6.07) is 0. The van der Waals surface area contributed by atoms with Crippen molar-refractivity contribution in [3.8, 4) is 0 Å². The summed E-state index contributed by atoms with van der Waals surface area (Å²) in [7, 11) is 0. The summed E-state index contributed by atoms with van der Waals surface area (Å²) < 4.78 is 0. The Bertz CT molecular complexity index is 101. The van der Waals surface area contributed by atoms with E-state index in [1.807, 2.05) is 11.8 Å². The van der Waals surface area contributed by atoms with Crippen LogP contribution >= 0.6 is 11.8 Å². The first-order valence-corrected chi connectivity index (χ1v) is 4.02. The summed E-state index contributed by atoms with van der Waals surface area (Å²) in [6.07, 6.45) is 6.70. The van der Waals surface area contributed by atoms with Gasteiger partial charge in [0.1, 0.15) is 0 Å². The maximum absolute atomic E-state index is 3.26. The molecule has 9 heavy (non-hydrogen) atoms. The molecule has 2 unspecified atom stereocenters. The minimum absolute atomic E-state index is 0. The first-order chi connectivity index (χ1) is 3.83. The van der Waals surface area contributed by atoms with E-state index in [0.29, 0.717) is 5.25 Å². The topological polar surface area (TPSA) is 0 Å². The van der Waals surface area contributed by atoms with Gasteiger partial charge in [-0.2, -0.15) is 11.8 Å². The molecule has 1 rings (SSSR count). The van der Waals surface area contributed by atoms with Crippen LogP contribution < -0.4 is 0 Å². The summed E-state index contributed by atoms with van der Waals surface area (Å²) in [6.45, 7) is 4.41. The van der Waals surface area contributed by atoms with E-state index in [9.17, 15) is 0 Å². The van der Waals surface area contributed by atoms with Gasteiger partial charge >= 0.3 is 0 Å². The van der Waals surface area contributed by atoms with Crippen LogP contribution in [0.15, 0.2) is 6.08 Å². The number of rotatable bonds is 1. The molecule has 0 bridgehead atoms. The van der Waals surface area contributed by atoms with E-state index in [-0.39, 0.29) is 32.7 Å². The molecule has 1 aliphatic heterocycles. The predicted octanol–water partition coefficient (Wildman–Crippen LogP) is 2.26. The van der Waals surface area contributed by atoms with Gasteiger partial charge in [-0.3, -0.25) is 6.08 Å². The minimum Gasteiger partial charge on any atom is -0.486 e. The molecule has 0 amide bonds. The third kappa shape index (κ3) is 3.20. The Morgan fingerprint density at radius 3 is 2.56 bits per heavy atom. The molecule has 1 radical (unpaired) electrons. The van der Waals surface area contributed by atoms with Crippen LogP contribution in [0.3, 0.4) is 0 Å². The zero-order valence-corrected chi connectivity index (χ0v) is 9.58. The molecule has 0 aromatic rings. The second-order valence-corrected chi connectivity index (χ2v) is 3.64. The monoisotopic (exact) mass is 216 g/mol. The van der Waals surface area contributed by atoms with Crippen LogP contribution in [0.2, 0.25) is 0 Å². The predicted molar refractivity (Wildman–Crippen MR) is 38.9 cm³/mol. The van der Waals surface area contributed by atoms with Gasteiger partial charge in [0.2, 0.25) is 0 Å². The van der Waals surface area contributed by atoms with Crippen LogP contribution in [-0.2, 0) is 32.7 Å². The van der Waals surface area contributed by atoms with Crippen molar-refractivity contribution in [2.45, 2.75) is 30.8 Å². The van der Waals surface area contributed by atoms with Gasteiger partial charge in [-0.15, -0.1) is 5.25 Å². The Hall–Kier alpha value is 1.19. The molecule has 0 fully saturated rings. The van der Waals surface area contributed by atoms with Gasteiger partial charge in [-0.25, -0.2) is 0 Å². The maximum atomic E-state index is 3.26. The SMILES string of the molecule is CCC1C=[C-]C(C)S1.[Y]. The van der Waals surface area contributed by atoms with Gasteiger partial charge in [0.05, 0.1) is 0 Å². The number of hydrogen-bond donors (Lipinski definition) is 0. The van der Waals surface area contributed by atoms with Crippen LogP contribution in [-0.4, -0.2) is 10.5 Å². The summed E-state index contributed by atoms with van der Waals surface area (Å²) in [5.74, 6) is 0. The molecule has 0 aromatic heterocycles. The Morgan fingerprint density at radius 1 is 1.67 bits per heavy atom. The van der Waals surface area contributed by atoms with E-state index in [4.69, 9.17) is 0 Å². The van der Waals surface area contributed by atoms with Crippen molar-refractivity contribution in [1.29, 1.82) is 0 Å². The van der Waals surface area contributed by atoms with Crippen molar-refractivity contribution in [2.75, 3.05) is 0 Å². The number of thioether (sulfide) groups is 1. The van der Waals surface area contributed by atoms with E-state index in [1.54, 1.807) is 0 Å². The van der Waals surface area contributed by atoms with Gasteiger partial charge in [-0.1, -0.05) is 13.8 Å². The zero-order valence-electron chi connectivity index (χ0n) is 5.92. The van der Waals surface area contributed by atoms with Gasteiger partial charge in [0.25, 0.3) is 0 Å². The fourth-order valence-corrected chi connectivity index (χ4v) is 1.83. The van der Waals surface area contributed by atoms with Crippen molar-refractivity contribution in [2.24, 2.45) is 0 Å². The van der Waals surface area contributed by atoms with E-state index in [1.165, 1.54) is 6.42 Å². The normalized spacial score (nSPS) is 32.2. The first-order valence-electron chi connectivity index (χ1n) is 3.07. The molecule has 2 atom stereocenters. The van der Waals surface area contributed by atoms with Crippen molar-refractivity contribution in [3.63, 3.8) is 0 Å². The van der Waals surface area contributed by atoms with Crippen LogP contribution in [0.25, 0.3) is 0 Å². The van der Waals surface area contributed by atoms with Crippen molar-refractivity contribution < 1.29 is 32.7 Å². The second kappa shape index (κ2) is 4.93. The summed E-state index contributed by atoms with van der Waals surface area (Å²) in [5, 5.41) is 1.39. The van der Waals surface area contributed by atoms with Crippen molar-refractivity contribution in [1.82, 2.24) is 0 Å². The molecular weight excluding hydrogens is 205 g/mol. The van der Waals surface area contributed by atoms with Crippen LogP contribution in [0.1, 0.15) is 20.3 Å². The molecule has 0 N–H and O–H groups in total. The third-order valence-electron chi connectivity index (χ3n) is 1.30. The second-order valence-electron chi connectivity index (χ2n) is 2.06. The Morgan fingerprint density at radius 2 is 2.33 bits per heavy atom. The van der Waals surface area contributed by atoms with Crippen molar-refractivity contribution in [3.05, 3.63) is 12.2 Å². The summed E-state index contributed by atoms with van der Waals surface area (Å²) in [5.41, 5.74) is 0. The van der Waals surface area contributed by atoms with E-state index in [0.717, 1.165) is 5.25 Å². The van der Waals surface area contributed by atoms with Gasteiger partial charge in [0.15, 0.2) is 0 Å². The third-order valence-corrected chi connectivity index (χ3v) is 2.66. The van der Waals surface area contributed by atoms with Crippen LogP contribution in [0.4, 0.5) is 0 Å². The van der Waals surface area contributed by atoms with Gasteiger partial charge in [0, 0.05) is 32.7 Å². The Kier molecular flexibility index (Phi) is 5.58. The zero-order chi connectivity index (χ0) is 5.98. The molecule has 0 aliphatic carbocycles. The van der Waals surface area contributed by atoms with E-state index >= 15 is 0 Å². The molecule has 1 heterocycles. The molecule has 0 nitrogen and oxygen atoms in total. The van der Waals surface area contributed by atoms with E-state index in [2.05, 4.69) is 26.0 Å². The summed E-state index contributed by atoms with van der Waals surface area (Å²) >= 11 is 2.00. The largest absolute Gasteiger partial charge is 0.486 e. The number of hydrogen-bond acceptors (Lipinski definition) is 1. The van der Waals surface area contributed by atoms with Gasteiger partial charge < -0.3 is 6.08 Å². The first kappa shape index (κ1) is 10.2. The van der Waals surface area contributed by atoms with Crippen LogP contribution in [0.5, 0.6) is 0 Å². The molecule has 1 aliphatic rings. The fourth-order valence-electron chi connectivity index (χ4n) is 0.798. The standard InChI is InChI=1S/C7H11S.Y/c1-3-7-5-4-6(2)8-7;/h5-7H,3H2,1-2H3;/q-1;. The molecule has 0 spiro atoms. The summed E-state index contributed by atoms with van der Waals surface area (Å²) in [4.78, 5) is 0. The average Bonchev–Trinajstić information content (AvgIpc) is 2.14. The Balaban J connectivity index is 0.000000640. The average molecular weight is 216 g/mol. The molecule has 0 saturated heterocycles. The van der Waals surface area contributed by atoms with Gasteiger partial charge in [-0.05, 0) is 11.7 Å². The molecule has 2 heteroatoms. The van der Waals surface area contributed by atoms with Crippen molar-refractivity contribution >= 4 is 11.8 Å². The minimum atomic E-state index is 0. The maximum Gasteiger partial charge on any atom is 0 e. The fraction of sp³-hybridized carbons (Fsp3) is 0.714. The van der Waals surface area contributed by atoms with E-state index < -0.39 is 0 Å². The Labute approximate surface area is 86.7 Å². The molecule has 49 valence electrons. The molecule has 0 aromatic carbocycles. The quantitative estimate of drug-likeness (QED) is 0.606. The molecule has 0 saturated carbocycles. The molecular formula is C7H11SY-. The van der Waals surface area contributed by atoms with Crippen LogP contribution in [0, 0.1) is 6.08 Å².